The van der Waals surface area contributed by atoms with E-state index in [4.69, 9.17) is 9.72 Å². The molecule has 0 aliphatic heterocycles. The van der Waals surface area contributed by atoms with Crippen LogP contribution in [0, 0.1) is 11.8 Å². The Bertz CT molecular complexity index is 1180. The van der Waals surface area contributed by atoms with E-state index in [0.717, 1.165) is 25.7 Å². The van der Waals surface area contributed by atoms with E-state index in [2.05, 4.69) is 13.8 Å². The van der Waals surface area contributed by atoms with Gasteiger partial charge in [-0.15, -0.1) is 0 Å². The molecule has 0 spiro atoms. The molecular weight excluding hydrogens is 414 g/mol. The molecule has 1 amide bonds. The van der Waals surface area contributed by atoms with Gasteiger partial charge in [0, 0.05) is 12.5 Å². The van der Waals surface area contributed by atoms with Gasteiger partial charge in [-0.25, -0.2) is 4.98 Å². The molecule has 1 saturated carbocycles. The van der Waals surface area contributed by atoms with Crippen LogP contribution in [0.5, 0.6) is 5.75 Å². The largest absolute Gasteiger partial charge is 0.497 e. The Morgan fingerprint density at radius 3 is 2.42 bits per heavy atom. The van der Waals surface area contributed by atoms with Gasteiger partial charge in [0.1, 0.15) is 11.6 Å². The van der Waals surface area contributed by atoms with Crippen molar-refractivity contribution in [2.75, 3.05) is 13.7 Å². The highest BCUT2D eigenvalue weighted by molar-refractivity contribution is 5.80. The number of rotatable bonds is 8. The second kappa shape index (κ2) is 9.77. The fourth-order valence-electron chi connectivity index (χ4n) is 4.33. The molecule has 0 radical (unpaired) electrons. The first-order chi connectivity index (χ1) is 15.9. The van der Waals surface area contributed by atoms with Crippen LogP contribution in [0.1, 0.15) is 58.3 Å². The third-order valence-electron chi connectivity index (χ3n) is 6.66. The predicted molar refractivity (Wildman–Crippen MR) is 131 cm³/mol. The molecule has 0 N–H and O–H groups in total. The van der Waals surface area contributed by atoms with Crippen LogP contribution < -0.4 is 10.3 Å². The molecule has 1 aliphatic carbocycles. The zero-order valence-electron chi connectivity index (χ0n) is 20.0. The maximum atomic E-state index is 13.7. The van der Waals surface area contributed by atoms with Gasteiger partial charge in [-0.3, -0.25) is 14.2 Å². The third kappa shape index (κ3) is 4.65. The molecule has 1 atom stereocenters. The quantitative estimate of drug-likeness (QED) is 0.480. The number of amides is 1. The molecule has 1 fully saturated rings. The predicted octanol–water partition coefficient (Wildman–Crippen LogP) is 5.13. The van der Waals surface area contributed by atoms with Crippen molar-refractivity contribution >= 4 is 16.8 Å². The average Bonchev–Trinajstić information content (AvgIpc) is 2.78. The molecule has 6 nitrogen and oxygen atoms in total. The van der Waals surface area contributed by atoms with Gasteiger partial charge in [0.2, 0.25) is 5.91 Å². The minimum atomic E-state index is -0.337. The average molecular weight is 448 g/mol. The Labute approximate surface area is 195 Å². The Balaban J connectivity index is 1.85. The van der Waals surface area contributed by atoms with Gasteiger partial charge in [0.25, 0.3) is 5.56 Å². The summed E-state index contributed by atoms with van der Waals surface area (Å²) in [5.74, 6) is 2.04. The van der Waals surface area contributed by atoms with Crippen molar-refractivity contribution in [1.29, 1.82) is 0 Å². The summed E-state index contributed by atoms with van der Waals surface area (Å²) >= 11 is 0. The molecule has 6 heteroatoms. The van der Waals surface area contributed by atoms with Crippen LogP contribution in [0.25, 0.3) is 16.6 Å². The number of aromatic nitrogens is 2. The van der Waals surface area contributed by atoms with Gasteiger partial charge < -0.3 is 9.64 Å². The molecule has 4 rings (SSSR count). The SMILES string of the molecule is COc1ccc(-n2c(C(C)N(CCC(C)C)C(=O)C3CCC3)nc3ccccc3c2=O)cc1. The minimum Gasteiger partial charge on any atom is -0.497 e. The highest BCUT2D eigenvalue weighted by Gasteiger charge is 2.34. The van der Waals surface area contributed by atoms with Crippen molar-refractivity contribution in [2.24, 2.45) is 11.8 Å². The summed E-state index contributed by atoms with van der Waals surface area (Å²) in [6.45, 7) is 6.98. The number of benzene rings is 2. The van der Waals surface area contributed by atoms with E-state index in [1.165, 1.54) is 0 Å². The first-order valence-electron chi connectivity index (χ1n) is 11.9. The van der Waals surface area contributed by atoms with Crippen LogP contribution in [-0.4, -0.2) is 34.0 Å². The first-order valence-corrected chi connectivity index (χ1v) is 11.9. The van der Waals surface area contributed by atoms with E-state index in [1.54, 1.807) is 17.7 Å². The lowest BCUT2D eigenvalue weighted by Crippen LogP contribution is -2.43. The van der Waals surface area contributed by atoms with Crippen LogP contribution in [0.4, 0.5) is 0 Å². The molecule has 1 aromatic heterocycles. The monoisotopic (exact) mass is 447 g/mol. The topological polar surface area (TPSA) is 64.4 Å². The third-order valence-corrected chi connectivity index (χ3v) is 6.66. The number of carbonyl (C=O) groups is 1. The van der Waals surface area contributed by atoms with Crippen LogP contribution in [0.3, 0.4) is 0 Å². The highest BCUT2D eigenvalue weighted by atomic mass is 16.5. The minimum absolute atomic E-state index is 0.0845. The highest BCUT2D eigenvalue weighted by Crippen LogP contribution is 2.32. The van der Waals surface area contributed by atoms with Gasteiger partial charge in [-0.2, -0.15) is 0 Å². The molecule has 0 saturated heterocycles. The standard InChI is InChI=1S/C27H33N3O3/c1-18(2)16-17-29(26(31)20-8-7-9-20)19(3)25-28-24-11-6-5-10-23(24)27(32)30(25)21-12-14-22(33-4)15-13-21/h5-6,10-15,18-20H,7-9,16-17H2,1-4H3. The molecule has 33 heavy (non-hydrogen) atoms. The maximum absolute atomic E-state index is 13.7. The normalized spacial score (nSPS) is 14.8. The number of carbonyl (C=O) groups excluding carboxylic acids is 1. The van der Waals surface area contributed by atoms with E-state index in [9.17, 15) is 9.59 Å². The van der Waals surface area contributed by atoms with Crippen molar-refractivity contribution in [1.82, 2.24) is 14.5 Å². The fourth-order valence-corrected chi connectivity index (χ4v) is 4.33. The zero-order chi connectivity index (χ0) is 23.5. The number of hydrogen-bond acceptors (Lipinski definition) is 4. The van der Waals surface area contributed by atoms with Gasteiger partial charge in [0.15, 0.2) is 0 Å². The summed E-state index contributed by atoms with van der Waals surface area (Å²) in [5.41, 5.74) is 1.22. The Hall–Kier alpha value is -3.15. The van der Waals surface area contributed by atoms with Gasteiger partial charge in [0.05, 0.1) is 29.7 Å². The Morgan fingerprint density at radius 1 is 1.12 bits per heavy atom. The summed E-state index contributed by atoms with van der Waals surface area (Å²) in [5, 5.41) is 0.559. The smallest absolute Gasteiger partial charge is 0.266 e. The van der Waals surface area contributed by atoms with Gasteiger partial charge >= 0.3 is 0 Å². The number of para-hydroxylation sites is 1. The molecular formula is C27H33N3O3. The Kier molecular flexibility index (Phi) is 6.82. The number of fused-ring (bicyclic) bond motifs is 1. The summed E-state index contributed by atoms with van der Waals surface area (Å²) in [6, 6.07) is 14.4. The van der Waals surface area contributed by atoms with Gasteiger partial charge in [-0.05, 0) is 68.5 Å². The van der Waals surface area contributed by atoms with Gasteiger partial charge in [-0.1, -0.05) is 32.4 Å². The zero-order valence-corrected chi connectivity index (χ0v) is 20.0. The van der Waals surface area contributed by atoms with Crippen LogP contribution in [-0.2, 0) is 4.79 Å². The Morgan fingerprint density at radius 2 is 1.82 bits per heavy atom. The molecule has 1 heterocycles. The second-order valence-electron chi connectivity index (χ2n) is 9.34. The van der Waals surface area contributed by atoms with Crippen LogP contribution in [0.15, 0.2) is 53.3 Å². The van der Waals surface area contributed by atoms with Crippen LogP contribution >= 0.6 is 0 Å². The summed E-state index contributed by atoms with van der Waals surface area (Å²) < 4.78 is 6.95. The maximum Gasteiger partial charge on any atom is 0.266 e. The lowest BCUT2D eigenvalue weighted by atomic mass is 9.84. The lowest BCUT2D eigenvalue weighted by molar-refractivity contribution is -0.140. The van der Waals surface area contributed by atoms with Crippen molar-refractivity contribution in [3.63, 3.8) is 0 Å². The number of methoxy groups -OCH3 is 1. The molecule has 1 aliphatic rings. The number of hydrogen-bond donors (Lipinski definition) is 0. The van der Waals surface area contributed by atoms with Crippen molar-refractivity contribution in [3.05, 3.63) is 64.7 Å². The van der Waals surface area contributed by atoms with E-state index >= 15 is 0 Å². The second-order valence-corrected chi connectivity index (χ2v) is 9.34. The summed E-state index contributed by atoms with van der Waals surface area (Å²) in [4.78, 5) is 34.0. The molecule has 0 bridgehead atoms. The molecule has 174 valence electrons. The van der Waals surface area contributed by atoms with Crippen molar-refractivity contribution in [2.45, 2.75) is 52.5 Å². The molecule has 3 aromatic rings. The van der Waals surface area contributed by atoms with E-state index in [0.29, 0.717) is 40.6 Å². The fraction of sp³-hybridized carbons (Fsp3) is 0.444. The summed E-state index contributed by atoms with van der Waals surface area (Å²) in [7, 11) is 1.62. The molecule has 1 unspecified atom stereocenters. The number of ether oxygens (including phenoxy) is 1. The van der Waals surface area contributed by atoms with Crippen molar-refractivity contribution < 1.29 is 9.53 Å². The van der Waals surface area contributed by atoms with E-state index in [1.807, 2.05) is 54.3 Å². The van der Waals surface area contributed by atoms with Crippen molar-refractivity contribution in [3.8, 4) is 11.4 Å². The summed E-state index contributed by atoms with van der Waals surface area (Å²) in [6.07, 6.45) is 3.90. The molecule has 2 aromatic carbocycles. The number of nitrogens with zero attached hydrogens (tertiary/aromatic N) is 3. The first kappa shape index (κ1) is 23.0. The van der Waals surface area contributed by atoms with E-state index < -0.39 is 0 Å². The lowest BCUT2D eigenvalue weighted by Gasteiger charge is -2.36. The van der Waals surface area contributed by atoms with Crippen LogP contribution in [0.2, 0.25) is 0 Å². The van der Waals surface area contributed by atoms with E-state index in [-0.39, 0.29) is 23.4 Å².